The van der Waals surface area contributed by atoms with E-state index in [4.69, 9.17) is 0 Å². The number of nitrogens with one attached hydrogen (secondary N) is 2. The zero-order chi connectivity index (χ0) is 13.3. The fourth-order valence-electron chi connectivity index (χ4n) is 1.70. The number of carbonyl (C=O) groups excluding carboxylic acids is 1. The highest BCUT2D eigenvalue weighted by atomic mass is 32.2. The van der Waals surface area contributed by atoms with E-state index in [1.165, 1.54) is 4.90 Å². The van der Waals surface area contributed by atoms with E-state index >= 15 is 0 Å². The van der Waals surface area contributed by atoms with Gasteiger partial charge in [0.1, 0.15) is 0 Å². The van der Waals surface area contributed by atoms with Crippen molar-refractivity contribution in [1.29, 1.82) is 0 Å². The number of carbonyl (C=O) groups is 1. The normalized spacial score (nSPS) is 10.3. The van der Waals surface area contributed by atoms with Crippen LogP contribution in [0.5, 0.6) is 0 Å². The molecular weight excluding hydrogens is 256 g/mol. The predicted octanol–water partition coefficient (Wildman–Crippen LogP) is 3.20. The molecule has 2 N–H and O–H groups in total. The summed E-state index contributed by atoms with van der Waals surface area (Å²) in [6.45, 7) is 0.605. The molecule has 0 aliphatic rings. The van der Waals surface area contributed by atoms with Crippen molar-refractivity contribution in [3.05, 3.63) is 54.4 Å². The van der Waals surface area contributed by atoms with Crippen molar-refractivity contribution in [3.63, 3.8) is 0 Å². The number of rotatable bonds is 7. The lowest BCUT2D eigenvalue weighted by atomic mass is 10.3. The van der Waals surface area contributed by atoms with E-state index in [9.17, 15) is 4.79 Å². The second kappa shape index (κ2) is 7.69. The molecule has 1 heterocycles. The molecule has 1 aromatic carbocycles. The van der Waals surface area contributed by atoms with Crippen LogP contribution in [-0.4, -0.2) is 16.6 Å². The maximum Gasteiger partial charge on any atom is 0.220 e. The van der Waals surface area contributed by atoms with Crippen LogP contribution in [0.2, 0.25) is 0 Å². The SMILES string of the molecule is O=C(CCCSc1ccccc1)NCc1cc[nH]c1. The van der Waals surface area contributed by atoms with Crippen LogP contribution in [0.1, 0.15) is 18.4 Å². The molecule has 2 rings (SSSR count). The molecule has 0 aliphatic heterocycles. The van der Waals surface area contributed by atoms with Crippen LogP contribution in [0.15, 0.2) is 53.7 Å². The minimum atomic E-state index is 0.120. The van der Waals surface area contributed by atoms with Crippen molar-refractivity contribution in [2.24, 2.45) is 0 Å². The van der Waals surface area contributed by atoms with Gasteiger partial charge in [0.25, 0.3) is 0 Å². The van der Waals surface area contributed by atoms with Crippen molar-refractivity contribution in [2.45, 2.75) is 24.3 Å². The Hall–Kier alpha value is -1.68. The number of benzene rings is 1. The van der Waals surface area contributed by atoms with Gasteiger partial charge in [-0.15, -0.1) is 11.8 Å². The molecule has 19 heavy (non-hydrogen) atoms. The van der Waals surface area contributed by atoms with Crippen molar-refractivity contribution in [1.82, 2.24) is 10.3 Å². The molecule has 0 atom stereocenters. The third kappa shape index (κ3) is 5.22. The molecule has 0 saturated heterocycles. The van der Waals surface area contributed by atoms with E-state index in [1.807, 2.05) is 36.7 Å². The first-order chi connectivity index (χ1) is 9.34. The second-order valence-electron chi connectivity index (χ2n) is 4.26. The third-order valence-electron chi connectivity index (χ3n) is 2.71. The molecule has 0 aliphatic carbocycles. The molecule has 0 unspecified atom stereocenters. The Labute approximate surface area is 117 Å². The highest BCUT2D eigenvalue weighted by Crippen LogP contribution is 2.18. The standard InChI is InChI=1S/C15H18N2OS/c18-15(17-12-13-8-9-16-11-13)7-4-10-19-14-5-2-1-3-6-14/h1-3,5-6,8-9,11,16H,4,7,10,12H2,(H,17,18). The summed E-state index contributed by atoms with van der Waals surface area (Å²) in [5, 5.41) is 2.92. The summed E-state index contributed by atoms with van der Waals surface area (Å²) in [4.78, 5) is 15.8. The van der Waals surface area contributed by atoms with E-state index in [1.54, 1.807) is 11.8 Å². The van der Waals surface area contributed by atoms with Crippen molar-refractivity contribution in [3.8, 4) is 0 Å². The van der Waals surface area contributed by atoms with Crippen LogP contribution in [-0.2, 0) is 11.3 Å². The van der Waals surface area contributed by atoms with Gasteiger partial charge >= 0.3 is 0 Å². The van der Waals surface area contributed by atoms with Crippen LogP contribution in [0.25, 0.3) is 0 Å². The quantitative estimate of drug-likeness (QED) is 0.601. The number of amides is 1. The fourth-order valence-corrected chi connectivity index (χ4v) is 2.57. The van der Waals surface area contributed by atoms with E-state index < -0.39 is 0 Å². The Morgan fingerprint density at radius 2 is 2.05 bits per heavy atom. The maximum absolute atomic E-state index is 11.6. The zero-order valence-corrected chi connectivity index (χ0v) is 11.6. The third-order valence-corrected chi connectivity index (χ3v) is 3.81. The van der Waals surface area contributed by atoms with E-state index in [0.717, 1.165) is 17.7 Å². The van der Waals surface area contributed by atoms with Gasteiger partial charge in [0.15, 0.2) is 0 Å². The van der Waals surface area contributed by atoms with Gasteiger partial charge in [-0.05, 0) is 35.9 Å². The molecule has 1 amide bonds. The topological polar surface area (TPSA) is 44.9 Å². The van der Waals surface area contributed by atoms with Crippen molar-refractivity contribution in [2.75, 3.05) is 5.75 Å². The summed E-state index contributed by atoms with van der Waals surface area (Å²) in [6.07, 6.45) is 5.24. The fraction of sp³-hybridized carbons (Fsp3) is 0.267. The van der Waals surface area contributed by atoms with Gasteiger partial charge in [-0.1, -0.05) is 18.2 Å². The zero-order valence-electron chi connectivity index (χ0n) is 10.8. The number of hydrogen-bond acceptors (Lipinski definition) is 2. The van der Waals surface area contributed by atoms with Crippen LogP contribution in [0.4, 0.5) is 0 Å². The van der Waals surface area contributed by atoms with Gasteiger partial charge in [0.2, 0.25) is 5.91 Å². The first kappa shape index (κ1) is 13.7. The highest BCUT2D eigenvalue weighted by molar-refractivity contribution is 7.99. The highest BCUT2D eigenvalue weighted by Gasteiger charge is 2.01. The Bertz CT molecular complexity index is 482. The average Bonchev–Trinajstić information content (AvgIpc) is 2.96. The average molecular weight is 274 g/mol. The van der Waals surface area contributed by atoms with E-state index in [2.05, 4.69) is 22.4 Å². The monoisotopic (exact) mass is 274 g/mol. The van der Waals surface area contributed by atoms with Crippen LogP contribution >= 0.6 is 11.8 Å². The molecule has 0 fully saturated rings. The van der Waals surface area contributed by atoms with Crippen LogP contribution < -0.4 is 5.32 Å². The predicted molar refractivity (Wildman–Crippen MR) is 79.0 cm³/mol. The summed E-state index contributed by atoms with van der Waals surface area (Å²) >= 11 is 1.79. The largest absolute Gasteiger partial charge is 0.367 e. The summed E-state index contributed by atoms with van der Waals surface area (Å²) in [6, 6.07) is 12.2. The molecule has 3 nitrogen and oxygen atoms in total. The van der Waals surface area contributed by atoms with Gasteiger partial charge in [-0.25, -0.2) is 0 Å². The summed E-state index contributed by atoms with van der Waals surface area (Å²) in [5.41, 5.74) is 1.10. The maximum atomic E-state index is 11.6. The number of thioether (sulfide) groups is 1. The Morgan fingerprint density at radius 3 is 2.79 bits per heavy atom. The van der Waals surface area contributed by atoms with Crippen molar-refractivity contribution >= 4 is 17.7 Å². The van der Waals surface area contributed by atoms with Gasteiger partial charge in [0.05, 0.1) is 0 Å². The lowest BCUT2D eigenvalue weighted by Gasteiger charge is -2.04. The van der Waals surface area contributed by atoms with E-state index in [0.29, 0.717) is 13.0 Å². The van der Waals surface area contributed by atoms with Crippen LogP contribution in [0.3, 0.4) is 0 Å². The van der Waals surface area contributed by atoms with Gasteiger partial charge in [-0.2, -0.15) is 0 Å². The lowest BCUT2D eigenvalue weighted by molar-refractivity contribution is -0.121. The molecule has 4 heteroatoms. The second-order valence-corrected chi connectivity index (χ2v) is 5.43. The van der Waals surface area contributed by atoms with E-state index in [-0.39, 0.29) is 5.91 Å². The summed E-state index contributed by atoms with van der Waals surface area (Å²) in [7, 11) is 0. The Kier molecular flexibility index (Phi) is 5.56. The first-order valence-corrected chi connectivity index (χ1v) is 7.39. The molecule has 0 saturated carbocycles. The smallest absolute Gasteiger partial charge is 0.220 e. The molecule has 0 radical (unpaired) electrons. The number of H-pyrrole nitrogens is 1. The minimum absolute atomic E-state index is 0.120. The molecule has 0 spiro atoms. The van der Waals surface area contributed by atoms with Gasteiger partial charge in [0, 0.05) is 30.3 Å². The Balaban J connectivity index is 1.57. The van der Waals surface area contributed by atoms with Gasteiger partial charge in [-0.3, -0.25) is 4.79 Å². The van der Waals surface area contributed by atoms with Gasteiger partial charge < -0.3 is 10.3 Å². The minimum Gasteiger partial charge on any atom is -0.367 e. The number of aromatic amines is 1. The first-order valence-electron chi connectivity index (χ1n) is 6.41. The Morgan fingerprint density at radius 1 is 1.21 bits per heavy atom. The molecule has 1 aromatic heterocycles. The molecule has 2 aromatic rings. The number of hydrogen-bond donors (Lipinski definition) is 2. The molecular formula is C15H18N2OS. The summed E-state index contributed by atoms with van der Waals surface area (Å²) in [5.74, 6) is 1.09. The van der Waals surface area contributed by atoms with Crippen molar-refractivity contribution < 1.29 is 4.79 Å². The number of aromatic nitrogens is 1. The molecule has 0 bridgehead atoms. The van der Waals surface area contributed by atoms with Crippen LogP contribution in [0, 0.1) is 0 Å². The molecule has 100 valence electrons. The lowest BCUT2D eigenvalue weighted by Crippen LogP contribution is -2.22. The summed E-state index contributed by atoms with van der Waals surface area (Å²) < 4.78 is 0.